The van der Waals surface area contributed by atoms with Crippen LogP contribution in [-0.2, 0) is 65.4 Å². The number of aliphatic hydroxyl groups is 1. The van der Waals surface area contributed by atoms with Crippen molar-refractivity contribution in [3.05, 3.63) is 0 Å². The summed E-state index contributed by atoms with van der Waals surface area (Å²) in [5.74, 6) is -1.34. The van der Waals surface area contributed by atoms with Gasteiger partial charge in [0.25, 0.3) is 0 Å². The van der Waals surface area contributed by atoms with Gasteiger partial charge >= 0.3 is 39.5 Å². The number of carbonyl (C=O) groups is 4. The van der Waals surface area contributed by atoms with Gasteiger partial charge in [-0.3, -0.25) is 37.3 Å². The van der Waals surface area contributed by atoms with Crippen molar-refractivity contribution in [1.82, 2.24) is 0 Å². The number of hydrogen-bond donors (Lipinski definition) is 3. The minimum Gasteiger partial charge on any atom is -0.462 e. The van der Waals surface area contributed by atoms with Gasteiger partial charge in [-0.1, -0.05) is 240 Å². The summed E-state index contributed by atoms with van der Waals surface area (Å²) in [4.78, 5) is 71.8. The Hall–Kier alpha value is -1.94. The van der Waals surface area contributed by atoms with Gasteiger partial charge in [0.2, 0.25) is 0 Å². The molecule has 17 nitrogen and oxygen atoms in total. The Morgan fingerprint density at radius 1 is 0.359 bits per heavy atom. The molecule has 0 aromatic carbocycles. The van der Waals surface area contributed by atoms with E-state index in [-0.39, 0.29) is 25.7 Å². The summed E-state index contributed by atoms with van der Waals surface area (Å²) in [5.41, 5.74) is 0. The third-order valence-corrected chi connectivity index (χ3v) is 15.8. The number of phosphoric ester groups is 2. The van der Waals surface area contributed by atoms with Gasteiger partial charge in [-0.25, -0.2) is 9.13 Å². The fourth-order valence-electron chi connectivity index (χ4n) is 8.67. The van der Waals surface area contributed by atoms with Gasteiger partial charge < -0.3 is 33.8 Å². The largest absolute Gasteiger partial charge is 0.472 e. The maximum Gasteiger partial charge on any atom is 0.472 e. The first-order chi connectivity index (χ1) is 37.6. The van der Waals surface area contributed by atoms with Crippen LogP contribution in [0.25, 0.3) is 0 Å². The van der Waals surface area contributed by atoms with Gasteiger partial charge in [0.1, 0.15) is 19.3 Å². The SMILES string of the molecule is CCCCCCCCCCC(=O)OC[C@H](COP(=O)(O)OC[C@H](O)COP(=O)(O)OC[C@@H](COC(=O)CCCCCCCCCC)OC(=O)CCCCCCCCCCCCC(C)CC)OC(=O)CCCCCCCCCC. The predicted molar refractivity (Wildman–Crippen MR) is 308 cm³/mol. The van der Waals surface area contributed by atoms with E-state index in [1.54, 1.807) is 0 Å². The van der Waals surface area contributed by atoms with Crippen molar-refractivity contribution < 1.29 is 80.2 Å². The van der Waals surface area contributed by atoms with E-state index < -0.39 is 97.5 Å². The van der Waals surface area contributed by atoms with Crippen LogP contribution in [0.3, 0.4) is 0 Å². The normalized spacial score (nSPS) is 14.7. The maximum absolute atomic E-state index is 12.9. The lowest BCUT2D eigenvalue weighted by molar-refractivity contribution is -0.161. The summed E-state index contributed by atoms with van der Waals surface area (Å²) >= 11 is 0. The molecule has 0 aliphatic heterocycles. The van der Waals surface area contributed by atoms with E-state index in [4.69, 9.17) is 37.0 Å². The molecule has 0 aromatic rings. The van der Waals surface area contributed by atoms with Crippen LogP contribution in [0.4, 0.5) is 0 Å². The molecule has 0 saturated carbocycles. The highest BCUT2D eigenvalue weighted by Gasteiger charge is 2.30. The number of rotatable bonds is 59. The van der Waals surface area contributed by atoms with E-state index in [1.807, 2.05) is 0 Å². The highest BCUT2D eigenvalue weighted by atomic mass is 31.2. The zero-order valence-electron chi connectivity index (χ0n) is 49.8. The molecular formula is C59H114O17P2. The Morgan fingerprint density at radius 2 is 0.615 bits per heavy atom. The lowest BCUT2D eigenvalue weighted by Crippen LogP contribution is -2.30. The quantitative estimate of drug-likeness (QED) is 0.0222. The van der Waals surface area contributed by atoms with Crippen LogP contribution in [-0.4, -0.2) is 96.7 Å². The molecule has 0 heterocycles. The molecule has 3 N–H and O–H groups in total. The third kappa shape index (κ3) is 52.2. The second kappa shape index (κ2) is 53.1. The van der Waals surface area contributed by atoms with Crippen molar-refractivity contribution in [2.24, 2.45) is 5.92 Å². The van der Waals surface area contributed by atoms with Gasteiger partial charge in [-0.05, 0) is 31.6 Å². The number of aliphatic hydroxyl groups excluding tert-OH is 1. The molecule has 0 fully saturated rings. The van der Waals surface area contributed by atoms with Crippen LogP contribution in [0.5, 0.6) is 0 Å². The van der Waals surface area contributed by atoms with Crippen LogP contribution in [0, 0.1) is 5.92 Å². The van der Waals surface area contributed by atoms with E-state index in [2.05, 4.69) is 34.6 Å². The fraction of sp³-hybridized carbons (Fsp3) is 0.932. The van der Waals surface area contributed by atoms with Crippen LogP contribution in [0.15, 0.2) is 0 Å². The number of esters is 4. The molecule has 462 valence electrons. The summed E-state index contributed by atoms with van der Waals surface area (Å²) in [6.07, 6.45) is 34.9. The molecule has 0 spiro atoms. The maximum atomic E-state index is 12.9. The number of unbranched alkanes of at least 4 members (excludes halogenated alkanes) is 30. The number of phosphoric acid groups is 2. The standard InChI is InChI=1S/C59H114O17P2/c1-6-10-13-16-19-27-32-37-42-56(61)69-48-54(75-58(63)44-39-34-29-21-18-15-12-8-3)50-73-77(65,66)71-46-53(60)47-72-78(67,68)74-51-55(49-70-57(62)43-38-33-28-20-17-14-11-7-2)76-59(64)45-40-35-30-25-23-22-24-26-31-36-41-52(5)9-4/h52-55,60H,6-51H2,1-5H3,(H,65,66)(H,67,68)/t52?,53-,54+,55+/m0/s1. The Kier molecular flexibility index (Phi) is 51.8. The molecule has 0 bridgehead atoms. The Balaban J connectivity index is 5.19. The van der Waals surface area contributed by atoms with Crippen LogP contribution >= 0.6 is 15.6 Å². The van der Waals surface area contributed by atoms with Gasteiger partial charge in [0.15, 0.2) is 12.2 Å². The molecule has 0 aliphatic rings. The summed E-state index contributed by atoms with van der Waals surface area (Å²) in [6.45, 7) is 7.10. The molecule has 0 aromatic heterocycles. The van der Waals surface area contributed by atoms with E-state index in [1.165, 1.54) is 96.3 Å². The van der Waals surface area contributed by atoms with E-state index in [0.717, 1.165) is 115 Å². The van der Waals surface area contributed by atoms with Gasteiger partial charge in [-0.2, -0.15) is 0 Å². The van der Waals surface area contributed by atoms with Crippen LogP contribution in [0.1, 0.15) is 291 Å². The Labute approximate surface area is 473 Å². The minimum atomic E-state index is -4.94. The van der Waals surface area contributed by atoms with E-state index in [0.29, 0.717) is 25.7 Å². The lowest BCUT2D eigenvalue weighted by Gasteiger charge is -2.21. The smallest absolute Gasteiger partial charge is 0.462 e. The second-order valence-corrected chi connectivity index (χ2v) is 24.5. The van der Waals surface area contributed by atoms with Gasteiger partial charge in [-0.15, -0.1) is 0 Å². The Bertz CT molecular complexity index is 1540. The molecule has 0 aliphatic carbocycles. The topological polar surface area (TPSA) is 237 Å². The fourth-order valence-corrected chi connectivity index (χ4v) is 10.2. The zero-order chi connectivity index (χ0) is 57.8. The molecule has 6 atom stereocenters. The van der Waals surface area contributed by atoms with Gasteiger partial charge in [0, 0.05) is 25.7 Å². The first kappa shape index (κ1) is 76.1. The number of ether oxygens (including phenoxy) is 4. The molecule has 0 radical (unpaired) electrons. The first-order valence-electron chi connectivity index (χ1n) is 31.2. The molecule has 19 heteroatoms. The number of carbonyl (C=O) groups excluding carboxylic acids is 4. The van der Waals surface area contributed by atoms with Gasteiger partial charge in [0.05, 0.1) is 26.4 Å². The highest BCUT2D eigenvalue weighted by molar-refractivity contribution is 7.47. The minimum absolute atomic E-state index is 0.105. The zero-order valence-corrected chi connectivity index (χ0v) is 51.6. The summed E-state index contributed by atoms with van der Waals surface area (Å²) in [6, 6.07) is 0. The van der Waals surface area contributed by atoms with Crippen LogP contribution < -0.4 is 0 Å². The molecule has 3 unspecified atom stereocenters. The van der Waals surface area contributed by atoms with Crippen molar-refractivity contribution in [2.45, 2.75) is 310 Å². The van der Waals surface area contributed by atoms with E-state index in [9.17, 15) is 43.2 Å². The summed E-state index contributed by atoms with van der Waals surface area (Å²) in [7, 11) is -9.87. The number of hydrogen-bond acceptors (Lipinski definition) is 15. The first-order valence-corrected chi connectivity index (χ1v) is 34.2. The van der Waals surface area contributed by atoms with Crippen molar-refractivity contribution in [2.75, 3.05) is 39.6 Å². The van der Waals surface area contributed by atoms with Crippen molar-refractivity contribution in [1.29, 1.82) is 0 Å². The van der Waals surface area contributed by atoms with E-state index >= 15 is 0 Å². The van der Waals surface area contributed by atoms with Crippen molar-refractivity contribution >= 4 is 39.5 Å². The molecular weight excluding hydrogens is 1040 g/mol. The highest BCUT2D eigenvalue weighted by Crippen LogP contribution is 2.45. The summed E-state index contributed by atoms with van der Waals surface area (Å²) in [5, 5.41) is 10.5. The summed E-state index contributed by atoms with van der Waals surface area (Å²) < 4.78 is 67.6. The van der Waals surface area contributed by atoms with Crippen LogP contribution in [0.2, 0.25) is 0 Å². The molecule has 0 amide bonds. The molecule has 78 heavy (non-hydrogen) atoms. The Morgan fingerprint density at radius 3 is 0.910 bits per heavy atom. The third-order valence-electron chi connectivity index (χ3n) is 13.9. The lowest BCUT2D eigenvalue weighted by atomic mass is 9.99. The molecule has 0 saturated heterocycles. The second-order valence-electron chi connectivity index (χ2n) is 21.6. The average Bonchev–Trinajstić information content (AvgIpc) is 3.41. The predicted octanol–water partition coefficient (Wildman–Crippen LogP) is 15.8. The van der Waals surface area contributed by atoms with Crippen molar-refractivity contribution in [3.63, 3.8) is 0 Å². The van der Waals surface area contributed by atoms with Crippen molar-refractivity contribution in [3.8, 4) is 0 Å². The average molecular weight is 1160 g/mol. The molecule has 0 rings (SSSR count). The monoisotopic (exact) mass is 1160 g/mol.